The fourth-order valence-corrected chi connectivity index (χ4v) is 3.63. The van der Waals surface area contributed by atoms with Crippen molar-refractivity contribution < 1.29 is 9.59 Å². The van der Waals surface area contributed by atoms with Crippen molar-refractivity contribution in [1.82, 2.24) is 5.32 Å². The van der Waals surface area contributed by atoms with Gasteiger partial charge in [-0.15, -0.1) is 0 Å². The van der Waals surface area contributed by atoms with Crippen LogP contribution in [0.5, 0.6) is 0 Å². The van der Waals surface area contributed by atoms with Crippen LogP contribution in [0.25, 0.3) is 16.8 Å². The molecule has 0 spiro atoms. The van der Waals surface area contributed by atoms with E-state index in [9.17, 15) is 9.59 Å². The summed E-state index contributed by atoms with van der Waals surface area (Å²) in [6.07, 6.45) is 1.64. The van der Waals surface area contributed by atoms with Gasteiger partial charge in [0.25, 0.3) is 11.8 Å². The molecule has 1 aliphatic heterocycles. The zero-order chi connectivity index (χ0) is 19.8. The van der Waals surface area contributed by atoms with Gasteiger partial charge in [0.1, 0.15) is 5.57 Å². The Kier molecular flexibility index (Phi) is 4.71. The van der Waals surface area contributed by atoms with Gasteiger partial charge in [0, 0.05) is 5.02 Å². The number of nitrogens with zero attached hydrogens (tertiary/aromatic N) is 1. The molecule has 3 aromatic rings. The highest BCUT2D eigenvalue weighted by Crippen LogP contribution is 2.27. The average molecular weight is 407 g/mol. The minimum absolute atomic E-state index is 0.0306. The molecule has 6 heteroatoms. The quantitative estimate of drug-likeness (QED) is 0.383. The highest BCUT2D eigenvalue weighted by atomic mass is 35.5. The van der Waals surface area contributed by atoms with Crippen molar-refractivity contribution in [3.63, 3.8) is 0 Å². The Morgan fingerprint density at radius 1 is 1.00 bits per heavy atom. The van der Waals surface area contributed by atoms with Gasteiger partial charge in [0.05, 0.1) is 5.69 Å². The topological polar surface area (TPSA) is 49.4 Å². The zero-order valence-corrected chi connectivity index (χ0v) is 16.5. The summed E-state index contributed by atoms with van der Waals surface area (Å²) in [4.78, 5) is 27.0. The van der Waals surface area contributed by atoms with Crippen molar-refractivity contribution in [3.8, 4) is 0 Å². The number of nitrogens with one attached hydrogen (secondary N) is 1. The van der Waals surface area contributed by atoms with Crippen molar-refractivity contribution in [1.29, 1.82) is 0 Å². The number of benzene rings is 3. The third-order valence-electron chi connectivity index (χ3n) is 4.66. The Labute approximate surface area is 172 Å². The summed E-state index contributed by atoms with van der Waals surface area (Å²) in [5.74, 6) is -0.976. The number of aryl methyl sites for hydroxylation is 1. The van der Waals surface area contributed by atoms with Gasteiger partial charge in [0.15, 0.2) is 5.11 Å². The van der Waals surface area contributed by atoms with E-state index in [0.29, 0.717) is 10.7 Å². The molecule has 0 unspecified atom stereocenters. The molecule has 28 heavy (non-hydrogen) atoms. The number of carbonyl (C=O) groups excluding carboxylic acids is 2. The number of rotatable bonds is 2. The Morgan fingerprint density at radius 3 is 2.46 bits per heavy atom. The molecule has 0 aromatic heterocycles. The van der Waals surface area contributed by atoms with E-state index >= 15 is 0 Å². The standard InChI is InChI=1S/C22H15ClN2O2S/c1-13-6-7-14-4-2-3-5-17(14)18(13)12-19-20(26)24-22(28)25(21(19)27)16-10-8-15(23)9-11-16/h2-12H,1H3,(H,24,26,28). The molecular formula is C22H15ClN2O2S. The highest BCUT2D eigenvalue weighted by Gasteiger charge is 2.34. The lowest BCUT2D eigenvalue weighted by atomic mass is 9.97. The minimum Gasteiger partial charge on any atom is -0.298 e. The second-order valence-electron chi connectivity index (χ2n) is 6.45. The van der Waals surface area contributed by atoms with Crippen molar-refractivity contribution in [3.05, 3.63) is 82.4 Å². The molecule has 3 aromatic carbocycles. The predicted octanol–water partition coefficient (Wildman–Crippen LogP) is 4.63. The lowest BCUT2D eigenvalue weighted by Gasteiger charge is -2.29. The normalized spacial score (nSPS) is 16.0. The van der Waals surface area contributed by atoms with E-state index in [1.54, 1.807) is 30.3 Å². The summed E-state index contributed by atoms with van der Waals surface area (Å²) < 4.78 is 0. The third-order valence-corrected chi connectivity index (χ3v) is 5.20. The van der Waals surface area contributed by atoms with E-state index in [4.69, 9.17) is 23.8 Å². The van der Waals surface area contributed by atoms with Crippen molar-refractivity contribution >= 4 is 63.3 Å². The van der Waals surface area contributed by atoms with Crippen LogP contribution >= 0.6 is 23.8 Å². The monoisotopic (exact) mass is 406 g/mol. The van der Waals surface area contributed by atoms with Crippen molar-refractivity contribution in [2.75, 3.05) is 4.90 Å². The van der Waals surface area contributed by atoms with E-state index in [1.165, 1.54) is 4.90 Å². The van der Waals surface area contributed by atoms with Crippen LogP contribution in [0.3, 0.4) is 0 Å². The lowest BCUT2D eigenvalue weighted by molar-refractivity contribution is -0.122. The second kappa shape index (κ2) is 7.19. The number of hydrogen-bond acceptors (Lipinski definition) is 3. The first-order valence-electron chi connectivity index (χ1n) is 8.61. The van der Waals surface area contributed by atoms with Gasteiger partial charge in [0.2, 0.25) is 0 Å². The van der Waals surface area contributed by atoms with Crippen LogP contribution in [0.15, 0.2) is 66.2 Å². The predicted molar refractivity (Wildman–Crippen MR) is 116 cm³/mol. The maximum atomic E-state index is 13.2. The van der Waals surface area contributed by atoms with Gasteiger partial charge in [-0.05, 0) is 71.4 Å². The van der Waals surface area contributed by atoms with Crippen LogP contribution in [-0.4, -0.2) is 16.9 Å². The summed E-state index contributed by atoms with van der Waals surface area (Å²) in [5.41, 5.74) is 2.38. The van der Waals surface area contributed by atoms with E-state index in [1.807, 2.05) is 43.3 Å². The van der Waals surface area contributed by atoms with Crippen molar-refractivity contribution in [2.45, 2.75) is 6.92 Å². The Hall–Kier alpha value is -3.02. The van der Waals surface area contributed by atoms with Gasteiger partial charge in [-0.25, -0.2) is 0 Å². The van der Waals surface area contributed by atoms with Crippen LogP contribution in [-0.2, 0) is 9.59 Å². The second-order valence-corrected chi connectivity index (χ2v) is 7.27. The maximum absolute atomic E-state index is 13.2. The fraction of sp³-hybridized carbons (Fsp3) is 0.0455. The van der Waals surface area contributed by atoms with Gasteiger partial charge < -0.3 is 0 Å². The van der Waals surface area contributed by atoms with E-state index in [2.05, 4.69) is 5.32 Å². The van der Waals surface area contributed by atoms with Gasteiger partial charge in [-0.2, -0.15) is 0 Å². The number of halogens is 1. The molecule has 4 nitrogen and oxygen atoms in total. The molecule has 0 radical (unpaired) electrons. The molecule has 1 aliphatic rings. The van der Waals surface area contributed by atoms with Crippen molar-refractivity contribution in [2.24, 2.45) is 0 Å². The third kappa shape index (κ3) is 3.19. The van der Waals surface area contributed by atoms with Crippen LogP contribution in [0.4, 0.5) is 5.69 Å². The molecule has 1 saturated heterocycles. The number of fused-ring (bicyclic) bond motifs is 1. The SMILES string of the molecule is Cc1ccc2ccccc2c1C=C1C(=O)NC(=S)N(c2ccc(Cl)cc2)C1=O. The van der Waals surface area contributed by atoms with E-state index < -0.39 is 11.8 Å². The summed E-state index contributed by atoms with van der Waals surface area (Å²) >= 11 is 11.2. The van der Waals surface area contributed by atoms with Crippen LogP contribution in [0.1, 0.15) is 11.1 Å². The molecule has 0 bridgehead atoms. The van der Waals surface area contributed by atoms with E-state index in [-0.39, 0.29) is 10.7 Å². The summed E-state index contributed by atoms with van der Waals surface area (Å²) in [6.45, 7) is 1.95. The molecule has 0 atom stereocenters. The smallest absolute Gasteiger partial charge is 0.270 e. The first-order chi connectivity index (χ1) is 13.5. The van der Waals surface area contributed by atoms with E-state index in [0.717, 1.165) is 21.9 Å². The number of carbonyl (C=O) groups is 2. The molecule has 1 heterocycles. The molecule has 0 saturated carbocycles. The Balaban J connectivity index is 1.84. The van der Waals surface area contributed by atoms with Gasteiger partial charge in [-0.1, -0.05) is 48.0 Å². The lowest BCUT2D eigenvalue weighted by Crippen LogP contribution is -2.54. The van der Waals surface area contributed by atoms with Gasteiger partial charge >= 0.3 is 0 Å². The molecule has 138 valence electrons. The van der Waals surface area contributed by atoms with Crippen LogP contribution in [0.2, 0.25) is 5.02 Å². The summed E-state index contributed by atoms with van der Waals surface area (Å²) in [5, 5.41) is 5.21. The number of thiocarbonyl (C=S) groups is 1. The summed E-state index contributed by atoms with van der Waals surface area (Å²) in [6, 6.07) is 18.6. The first kappa shape index (κ1) is 18.3. The minimum atomic E-state index is -0.507. The van der Waals surface area contributed by atoms with Crippen LogP contribution in [0, 0.1) is 6.92 Å². The highest BCUT2D eigenvalue weighted by molar-refractivity contribution is 7.80. The molecular weight excluding hydrogens is 392 g/mol. The molecule has 1 N–H and O–H groups in total. The average Bonchev–Trinajstić information content (AvgIpc) is 2.68. The largest absolute Gasteiger partial charge is 0.298 e. The zero-order valence-electron chi connectivity index (χ0n) is 14.9. The molecule has 0 aliphatic carbocycles. The summed E-state index contributed by atoms with van der Waals surface area (Å²) in [7, 11) is 0. The number of anilines is 1. The molecule has 4 rings (SSSR count). The fourth-order valence-electron chi connectivity index (χ4n) is 3.22. The first-order valence-corrected chi connectivity index (χ1v) is 9.40. The number of amides is 2. The maximum Gasteiger partial charge on any atom is 0.270 e. The molecule has 2 amide bonds. The van der Waals surface area contributed by atoms with Crippen LogP contribution < -0.4 is 10.2 Å². The van der Waals surface area contributed by atoms with Gasteiger partial charge in [-0.3, -0.25) is 19.8 Å². The molecule has 1 fully saturated rings. The number of hydrogen-bond donors (Lipinski definition) is 1. The Morgan fingerprint density at radius 2 is 1.71 bits per heavy atom. The Bertz CT molecular complexity index is 1170.